The maximum Gasteiger partial charge on any atom is 0.242 e. The van der Waals surface area contributed by atoms with Gasteiger partial charge in [-0.2, -0.15) is 14.7 Å². The molecule has 5 rings (SSSR count). The van der Waals surface area contributed by atoms with E-state index in [4.69, 9.17) is 34.8 Å². The zero-order valence-electron chi connectivity index (χ0n) is 19.6. The summed E-state index contributed by atoms with van der Waals surface area (Å²) < 4.78 is 28.5. The smallest absolute Gasteiger partial charge is 0.242 e. The Balaban J connectivity index is 0.000000211. The normalized spacial score (nSPS) is 11.7. The first-order chi connectivity index (χ1) is 16.9. The van der Waals surface area contributed by atoms with Gasteiger partial charge in [0.2, 0.25) is 10.0 Å². The number of fused-ring (bicyclic) bond motifs is 2. The highest BCUT2D eigenvalue weighted by Gasteiger charge is 2.17. The molecule has 0 radical (unpaired) electrons. The van der Waals surface area contributed by atoms with Gasteiger partial charge in [-0.3, -0.25) is 0 Å². The number of anilines is 2. The largest absolute Gasteiger partial charge is 0.340 e. The van der Waals surface area contributed by atoms with Gasteiger partial charge in [0.15, 0.2) is 11.3 Å². The summed E-state index contributed by atoms with van der Waals surface area (Å²) in [5.41, 5.74) is 3.70. The Hall–Kier alpha value is -2.96. The van der Waals surface area contributed by atoms with Crippen LogP contribution in [-0.4, -0.2) is 56.0 Å². The summed E-state index contributed by atoms with van der Waals surface area (Å²) in [4.78, 5) is 8.47. The first-order valence-electron chi connectivity index (χ1n) is 10.4. The minimum atomic E-state index is -3.45. The molecule has 5 aromatic rings. The monoisotopic (exact) mass is 566 g/mol. The van der Waals surface area contributed by atoms with E-state index in [0.717, 1.165) is 11.4 Å². The van der Waals surface area contributed by atoms with E-state index in [2.05, 4.69) is 25.5 Å². The highest BCUT2D eigenvalue weighted by atomic mass is 35.5. The van der Waals surface area contributed by atoms with Crippen LogP contribution in [0.1, 0.15) is 11.4 Å². The molecule has 10 nitrogen and oxygen atoms in total. The second-order valence-corrected chi connectivity index (χ2v) is 11.2. The lowest BCUT2D eigenvalue weighted by Crippen LogP contribution is -2.22. The van der Waals surface area contributed by atoms with Gasteiger partial charge in [-0.15, -0.1) is 0 Å². The van der Waals surface area contributed by atoms with Gasteiger partial charge in [0.05, 0.1) is 16.3 Å². The molecule has 4 heterocycles. The van der Waals surface area contributed by atoms with E-state index in [1.807, 2.05) is 26.0 Å². The number of aryl methyl sites for hydroxylation is 2. The Morgan fingerprint density at radius 3 is 1.92 bits per heavy atom. The molecule has 0 aliphatic carbocycles. The summed E-state index contributed by atoms with van der Waals surface area (Å²) in [6.45, 7) is 3.74. The van der Waals surface area contributed by atoms with Crippen LogP contribution >= 0.6 is 34.8 Å². The number of benzene rings is 1. The van der Waals surface area contributed by atoms with Crippen molar-refractivity contribution in [2.45, 2.75) is 18.7 Å². The van der Waals surface area contributed by atoms with Crippen molar-refractivity contribution in [3.63, 3.8) is 0 Å². The molecular weight excluding hydrogens is 547 g/mol. The van der Waals surface area contributed by atoms with Gasteiger partial charge in [-0.25, -0.2) is 27.2 Å². The van der Waals surface area contributed by atoms with Crippen molar-refractivity contribution in [2.75, 3.05) is 19.4 Å². The quantitative estimate of drug-likeness (QED) is 0.303. The Morgan fingerprint density at radius 1 is 0.806 bits per heavy atom. The van der Waals surface area contributed by atoms with Crippen molar-refractivity contribution in [1.82, 2.24) is 33.5 Å². The average molecular weight is 568 g/mol. The maximum atomic E-state index is 12.1. The highest BCUT2D eigenvalue weighted by Crippen LogP contribution is 2.23. The molecule has 0 spiro atoms. The third-order valence-electron chi connectivity index (χ3n) is 4.90. The predicted octanol–water partition coefficient (Wildman–Crippen LogP) is 5.03. The molecule has 0 bridgehead atoms. The van der Waals surface area contributed by atoms with Gasteiger partial charge in [0.25, 0.3) is 0 Å². The second kappa shape index (κ2) is 10.2. The summed E-state index contributed by atoms with van der Waals surface area (Å²) in [5, 5.41) is 12.9. The van der Waals surface area contributed by atoms with E-state index in [1.54, 1.807) is 45.4 Å². The number of rotatable bonds is 4. The molecule has 4 aromatic heterocycles. The molecule has 1 aromatic carbocycles. The van der Waals surface area contributed by atoms with Crippen molar-refractivity contribution in [3.05, 3.63) is 75.4 Å². The molecule has 0 atom stereocenters. The summed E-state index contributed by atoms with van der Waals surface area (Å²) in [6, 6.07) is 13.3. The van der Waals surface area contributed by atoms with Gasteiger partial charge >= 0.3 is 0 Å². The van der Waals surface area contributed by atoms with Crippen LogP contribution in [0, 0.1) is 13.8 Å². The SMILES string of the molecule is Cc1cc2nc(Cl)cc(Cl)n2n1.Cc1cc2nc(Cl)cc(Nc3ccc(S(=O)(=O)N(C)C)cc3)n2n1. The van der Waals surface area contributed by atoms with Crippen LogP contribution in [0.15, 0.2) is 53.4 Å². The lowest BCUT2D eigenvalue weighted by Gasteiger charge is -2.12. The Labute approximate surface area is 222 Å². The van der Waals surface area contributed by atoms with Gasteiger partial charge in [0.1, 0.15) is 21.3 Å². The number of nitrogens with zero attached hydrogens (tertiary/aromatic N) is 7. The van der Waals surface area contributed by atoms with Crippen LogP contribution in [0.5, 0.6) is 0 Å². The maximum absolute atomic E-state index is 12.1. The van der Waals surface area contributed by atoms with Crippen molar-refractivity contribution >= 4 is 67.6 Å². The minimum absolute atomic E-state index is 0.228. The first kappa shape index (κ1) is 26.1. The van der Waals surface area contributed by atoms with Crippen molar-refractivity contribution in [2.24, 2.45) is 0 Å². The van der Waals surface area contributed by atoms with E-state index < -0.39 is 10.0 Å². The fourth-order valence-corrected chi connectivity index (χ4v) is 4.81. The molecule has 0 amide bonds. The van der Waals surface area contributed by atoms with Gasteiger partial charge in [0, 0.05) is 44.0 Å². The number of aromatic nitrogens is 6. The van der Waals surface area contributed by atoms with Crippen LogP contribution in [0.25, 0.3) is 11.3 Å². The second-order valence-electron chi connectivity index (χ2n) is 7.91. The van der Waals surface area contributed by atoms with E-state index >= 15 is 0 Å². The van der Waals surface area contributed by atoms with E-state index in [9.17, 15) is 8.42 Å². The third kappa shape index (κ3) is 5.55. The average Bonchev–Trinajstić information content (AvgIpc) is 3.35. The van der Waals surface area contributed by atoms with E-state index in [1.165, 1.54) is 18.4 Å². The number of halogens is 3. The number of hydrogen-bond acceptors (Lipinski definition) is 7. The first-order valence-corrected chi connectivity index (χ1v) is 13.0. The van der Waals surface area contributed by atoms with Crippen LogP contribution in [0.3, 0.4) is 0 Å². The third-order valence-corrected chi connectivity index (χ3v) is 7.38. The van der Waals surface area contributed by atoms with Gasteiger partial charge in [-0.1, -0.05) is 34.8 Å². The molecule has 188 valence electrons. The minimum Gasteiger partial charge on any atom is -0.340 e. The molecule has 0 saturated heterocycles. The highest BCUT2D eigenvalue weighted by molar-refractivity contribution is 7.89. The summed E-state index contributed by atoms with van der Waals surface area (Å²) in [7, 11) is -0.453. The Kier molecular flexibility index (Phi) is 7.39. The number of hydrogen-bond donors (Lipinski definition) is 1. The molecule has 0 aliphatic heterocycles. The zero-order valence-corrected chi connectivity index (χ0v) is 22.7. The summed E-state index contributed by atoms with van der Waals surface area (Å²) in [6.07, 6.45) is 0. The van der Waals surface area contributed by atoms with Crippen LogP contribution < -0.4 is 5.32 Å². The summed E-state index contributed by atoms with van der Waals surface area (Å²) >= 11 is 17.6. The van der Waals surface area contributed by atoms with Crippen molar-refractivity contribution < 1.29 is 8.42 Å². The van der Waals surface area contributed by atoms with Crippen LogP contribution in [0.2, 0.25) is 15.5 Å². The fourth-order valence-electron chi connectivity index (χ4n) is 3.24. The zero-order chi connectivity index (χ0) is 26.2. The number of sulfonamides is 1. The van der Waals surface area contributed by atoms with Crippen LogP contribution in [0.4, 0.5) is 11.5 Å². The molecule has 0 fully saturated rings. The van der Waals surface area contributed by atoms with Crippen molar-refractivity contribution in [1.29, 1.82) is 0 Å². The van der Waals surface area contributed by atoms with E-state index in [0.29, 0.717) is 38.3 Å². The summed E-state index contributed by atoms with van der Waals surface area (Å²) in [5.74, 6) is 0.640. The molecule has 14 heteroatoms. The molecule has 0 unspecified atom stereocenters. The number of nitrogens with one attached hydrogen (secondary N) is 1. The van der Waals surface area contributed by atoms with Gasteiger partial charge in [-0.05, 0) is 38.1 Å². The lowest BCUT2D eigenvalue weighted by atomic mass is 10.3. The lowest BCUT2D eigenvalue weighted by molar-refractivity contribution is 0.521. The standard InChI is InChI=1S/C15H16ClN5O2S.C7H5Cl2N3/c1-10-8-14-18-13(16)9-15(21(14)19-10)17-11-4-6-12(7-5-11)24(22,23)20(2)3;1-4-2-7-10-5(8)3-6(9)12(7)11-4/h4-9,17H,1-3H3;2-3H,1H3. The van der Waals surface area contributed by atoms with Crippen LogP contribution in [-0.2, 0) is 10.0 Å². The van der Waals surface area contributed by atoms with E-state index in [-0.39, 0.29) is 4.90 Å². The Morgan fingerprint density at radius 2 is 1.33 bits per heavy atom. The topological polar surface area (TPSA) is 110 Å². The fraction of sp³-hybridized carbons (Fsp3) is 0.182. The van der Waals surface area contributed by atoms with Gasteiger partial charge < -0.3 is 5.32 Å². The molecular formula is C22H21Cl3N8O2S. The predicted molar refractivity (Wildman–Crippen MR) is 141 cm³/mol. The molecule has 1 N–H and O–H groups in total. The Bertz CT molecular complexity index is 1660. The molecule has 0 saturated carbocycles. The molecule has 36 heavy (non-hydrogen) atoms. The molecule has 0 aliphatic rings. The van der Waals surface area contributed by atoms with Crippen molar-refractivity contribution in [3.8, 4) is 0 Å².